The maximum Gasteiger partial charge on any atom is 0.137 e. The molecule has 0 aliphatic carbocycles. The van der Waals surface area contributed by atoms with E-state index in [1.54, 1.807) is 31.5 Å². The molecule has 0 aliphatic rings. The minimum absolute atomic E-state index is 0.135. The number of ether oxygens (including phenoxy) is 1. The van der Waals surface area contributed by atoms with Crippen molar-refractivity contribution in [2.75, 3.05) is 7.11 Å². The van der Waals surface area contributed by atoms with E-state index in [4.69, 9.17) is 21.4 Å². The molecule has 1 aromatic heterocycles. The minimum Gasteiger partial charge on any atom is -0.495 e. The molecule has 1 aromatic carbocycles. The van der Waals surface area contributed by atoms with Crippen LogP contribution in [-0.4, -0.2) is 27.2 Å². The molecule has 1 N–H and O–H groups in total. The van der Waals surface area contributed by atoms with Gasteiger partial charge in [-0.05, 0) is 18.2 Å². The van der Waals surface area contributed by atoms with Crippen LogP contribution in [0.25, 0.3) is 5.69 Å². The summed E-state index contributed by atoms with van der Waals surface area (Å²) in [5, 5.41) is 17.0. The van der Waals surface area contributed by atoms with Gasteiger partial charge >= 0.3 is 0 Å². The average Bonchev–Trinajstić information content (AvgIpc) is 2.77. The summed E-state index contributed by atoms with van der Waals surface area (Å²) in [4.78, 5) is 0. The van der Waals surface area contributed by atoms with Crippen LogP contribution in [0.2, 0.25) is 5.02 Å². The molecule has 16 heavy (non-hydrogen) atoms. The van der Waals surface area contributed by atoms with Gasteiger partial charge in [-0.3, -0.25) is 0 Å². The summed E-state index contributed by atoms with van der Waals surface area (Å²) in [6.07, 6.45) is 1.64. The third-order valence-electron chi connectivity index (χ3n) is 2.10. The number of rotatable bonds is 3. The van der Waals surface area contributed by atoms with E-state index >= 15 is 0 Å². The van der Waals surface area contributed by atoms with Gasteiger partial charge in [-0.1, -0.05) is 16.8 Å². The van der Waals surface area contributed by atoms with Gasteiger partial charge in [0, 0.05) is 0 Å². The Hall–Kier alpha value is -1.59. The molecule has 0 aliphatic heterocycles. The highest BCUT2D eigenvalue weighted by molar-refractivity contribution is 6.32. The molecule has 2 rings (SSSR count). The monoisotopic (exact) mass is 239 g/mol. The summed E-state index contributed by atoms with van der Waals surface area (Å²) in [6, 6.07) is 5.27. The first-order chi connectivity index (χ1) is 7.74. The molecular formula is C10H10ClN3O2. The molecule has 0 bridgehead atoms. The van der Waals surface area contributed by atoms with E-state index in [0.717, 1.165) is 5.69 Å². The van der Waals surface area contributed by atoms with Gasteiger partial charge in [0.1, 0.15) is 11.4 Å². The molecule has 2 aromatic rings. The summed E-state index contributed by atoms with van der Waals surface area (Å²) in [6.45, 7) is -0.135. The van der Waals surface area contributed by atoms with Crippen LogP contribution in [0.15, 0.2) is 24.4 Å². The predicted octanol–water partition coefficient (Wildman–Crippen LogP) is 1.42. The van der Waals surface area contributed by atoms with E-state index in [-0.39, 0.29) is 6.61 Å². The predicted molar refractivity (Wildman–Crippen MR) is 58.8 cm³/mol. The van der Waals surface area contributed by atoms with Gasteiger partial charge in [-0.15, -0.1) is 5.10 Å². The molecule has 0 atom stereocenters. The van der Waals surface area contributed by atoms with Crippen molar-refractivity contribution in [1.82, 2.24) is 15.0 Å². The standard InChI is InChI=1S/C10H10ClN3O2/c1-16-10-3-2-8(4-9(10)11)14-5-7(6-15)12-13-14/h2-5,15H,6H2,1H3. The molecule has 84 valence electrons. The number of aliphatic hydroxyl groups is 1. The summed E-state index contributed by atoms with van der Waals surface area (Å²) in [5.74, 6) is 0.605. The van der Waals surface area contributed by atoms with Crippen LogP contribution >= 0.6 is 11.6 Å². The van der Waals surface area contributed by atoms with Crippen LogP contribution in [0.1, 0.15) is 5.69 Å². The van der Waals surface area contributed by atoms with Crippen LogP contribution in [0.5, 0.6) is 5.75 Å². The Morgan fingerprint density at radius 1 is 1.50 bits per heavy atom. The molecule has 0 saturated carbocycles. The third-order valence-corrected chi connectivity index (χ3v) is 2.40. The van der Waals surface area contributed by atoms with Gasteiger partial charge < -0.3 is 9.84 Å². The van der Waals surface area contributed by atoms with E-state index in [1.165, 1.54) is 4.68 Å². The van der Waals surface area contributed by atoms with Gasteiger partial charge in [0.25, 0.3) is 0 Å². The van der Waals surface area contributed by atoms with Crippen LogP contribution < -0.4 is 4.74 Å². The molecule has 0 saturated heterocycles. The highest BCUT2D eigenvalue weighted by atomic mass is 35.5. The van der Waals surface area contributed by atoms with Gasteiger partial charge in [0.2, 0.25) is 0 Å². The van der Waals surface area contributed by atoms with E-state index in [0.29, 0.717) is 16.5 Å². The van der Waals surface area contributed by atoms with Crippen LogP contribution in [0.4, 0.5) is 0 Å². The Balaban J connectivity index is 2.37. The van der Waals surface area contributed by atoms with E-state index in [2.05, 4.69) is 10.3 Å². The zero-order valence-electron chi connectivity index (χ0n) is 8.59. The minimum atomic E-state index is -0.135. The summed E-state index contributed by atoms with van der Waals surface area (Å²) in [7, 11) is 1.56. The first-order valence-corrected chi connectivity index (χ1v) is 4.98. The van der Waals surface area contributed by atoms with Crippen molar-refractivity contribution in [2.24, 2.45) is 0 Å². The lowest BCUT2D eigenvalue weighted by Gasteiger charge is -2.05. The molecule has 0 spiro atoms. The molecule has 5 nitrogen and oxygen atoms in total. The second-order valence-electron chi connectivity index (χ2n) is 3.13. The number of aromatic nitrogens is 3. The lowest BCUT2D eigenvalue weighted by Crippen LogP contribution is -1.95. The van der Waals surface area contributed by atoms with Crippen molar-refractivity contribution < 1.29 is 9.84 Å². The Labute approximate surface area is 97.2 Å². The average molecular weight is 240 g/mol. The normalized spacial score (nSPS) is 10.4. The van der Waals surface area contributed by atoms with Gasteiger partial charge in [-0.2, -0.15) is 0 Å². The summed E-state index contributed by atoms with van der Waals surface area (Å²) in [5.41, 5.74) is 1.27. The number of hydrogen-bond acceptors (Lipinski definition) is 4. The maximum absolute atomic E-state index is 8.87. The molecular weight excluding hydrogens is 230 g/mol. The lowest BCUT2D eigenvalue weighted by atomic mass is 10.3. The Morgan fingerprint density at radius 3 is 2.88 bits per heavy atom. The Kier molecular flexibility index (Phi) is 3.07. The maximum atomic E-state index is 8.87. The number of nitrogens with zero attached hydrogens (tertiary/aromatic N) is 3. The zero-order valence-corrected chi connectivity index (χ0v) is 9.35. The molecule has 0 fully saturated rings. The smallest absolute Gasteiger partial charge is 0.137 e. The second kappa shape index (κ2) is 4.51. The molecule has 0 radical (unpaired) electrons. The van der Waals surface area contributed by atoms with Gasteiger partial charge in [-0.25, -0.2) is 4.68 Å². The van der Waals surface area contributed by atoms with Crippen molar-refractivity contribution in [3.8, 4) is 11.4 Å². The van der Waals surface area contributed by atoms with Crippen molar-refractivity contribution in [3.05, 3.63) is 35.1 Å². The Morgan fingerprint density at radius 2 is 2.31 bits per heavy atom. The van der Waals surface area contributed by atoms with Crippen LogP contribution in [-0.2, 0) is 6.61 Å². The van der Waals surface area contributed by atoms with Crippen molar-refractivity contribution >= 4 is 11.6 Å². The second-order valence-corrected chi connectivity index (χ2v) is 3.54. The largest absolute Gasteiger partial charge is 0.495 e. The van der Waals surface area contributed by atoms with Crippen molar-refractivity contribution in [1.29, 1.82) is 0 Å². The van der Waals surface area contributed by atoms with E-state index in [1.807, 2.05) is 0 Å². The van der Waals surface area contributed by atoms with Crippen molar-refractivity contribution in [2.45, 2.75) is 6.61 Å². The van der Waals surface area contributed by atoms with Crippen LogP contribution in [0.3, 0.4) is 0 Å². The van der Waals surface area contributed by atoms with Gasteiger partial charge in [0.05, 0.1) is 30.6 Å². The SMILES string of the molecule is COc1ccc(-n2cc(CO)nn2)cc1Cl. The zero-order chi connectivity index (χ0) is 11.5. The fourth-order valence-corrected chi connectivity index (χ4v) is 1.55. The fraction of sp³-hybridized carbons (Fsp3) is 0.200. The first-order valence-electron chi connectivity index (χ1n) is 4.60. The summed E-state index contributed by atoms with van der Waals surface area (Å²) < 4.78 is 6.58. The number of hydrogen-bond donors (Lipinski definition) is 1. The number of methoxy groups -OCH3 is 1. The van der Waals surface area contributed by atoms with Crippen molar-refractivity contribution in [3.63, 3.8) is 0 Å². The lowest BCUT2D eigenvalue weighted by molar-refractivity contribution is 0.276. The topological polar surface area (TPSA) is 60.2 Å². The molecule has 6 heteroatoms. The summed E-state index contributed by atoms with van der Waals surface area (Å²) >= 11 is 5.98. The molecule has 0 amide bonds. The van der Waals surface area contributed by atoms with E-state index < -0.39 is 0 Å². The highest BCUT2D eigenvalue weighted by Crippen LogP contribution is 2.26. The third kappa shape index (κ3) is 2.00. The Bertz CT molecular complexity index is 499. The first kappa shape index (κ1) is 10.9. The quantitative estimate of drug-likeness (QED) is 0.880. The van der Waals surface area contributed by atoms with Crippen LogP contribution in [0, 0.1) is 0 Å². The number of halogens is 1. The highest BCUT2D eigenvalue weighted by Gasteiger charge is 2.05. The molecule has 0 unspecified atom stereocenters. The van der Waals surface area contributed by atoms with Gasteiger partial charge in [0.15, 0.2) is 0 Å². The molecule has 1 heterocycles. The van der Waals surface area contributed by atoms with E-state index in [9.17, 15) is 0 Å². The fourth-order valence-electron chi connectivity index (χ4n) is 1.29. The number of benzene rings is 1. The number of aliphatic hydroxyl groups excluding tert-OH is 1.